The van der Waals surface area contributed by atoms with Crippen LogP contribution in [0.25, 0.3) is 0 Å². The van der Waals surface area contributed by atoms with Crippen molar-refractivity contribution in [1.29, 1.82) is 0 Å². The first-order chi connectivity index (χ1) is 10.5. The van der Waals surface area contributed by atoms with Crippen LogP contribution in [-0.2, 0) is 14.3 Å². The molecule has 136 valence electrons. The van der Waals surface area contributed by atoms with Gasteiger partial charge in [-0.15, -0.1) is 0 Å². The lowest BCUT2D eigenvalue weighted by Crippen LogP contribution is -2.49. The Bertz CT molecular complexity index is 492. The van der Waals surface area contributed by atoms with Crippen LogP contribution in [0.4, 0.5) is 0 Å². The summed E-state index contributed by atoms with van der Waals surface area (Å²) in [5.41, 5.74) is 0. The summed E-state index contributed by atoms with van der Waals surface area (Å²) in [6.07, 6.45) is 6.11. The van der Waals surface area contributed by atoms with Gasteiger partial charge < -0.3 is 9.74 Å². The highest BCUT2D eigenvalue weighted by molar-refractivity contribution is 7.91. The van der Waals surface area contributed by atoms with Gasteiger partial charge in [-0.1, -0.05) is 33.6 Å². The molecule has 0 radical (unpaired) electrons. The van der Waals surface area contributed by atoms with Crippen LogP contribution in [0.15, 0.2) is 0 Å². The quantitative estimate of drug-likeness (QED) is 0.737. The molecule has 4 nitrogen and oxygen atoms in total. The van der Waals surface area contributed by atoms with Gasteiger partial charge in [0, 0.05) is 12.6 Å². The van der Waals surface area contributed by atoms with Crippen LogP contribution in [0.5, 0.6) is 0 Å². The fourth-order valence-electron chi connectivity index (χ4n) is 3.43. The van der Waals surface area contributed by atoms with E-state index in [1.807, 2.05) is 0 Å². The molecule has 2 unspecified atom stereocenters. The van der Waals surface area contributed by atoms with E-state index in [4.69, 9.17) is 4.43 Å². The molecule has 1 saturated heterocycles. The monoisotopic (exact) mass is 361 g/mol. The van der Waals surface area contributed by atoms with Crippen molar-refractivity contribution in [2.24, 2.45) is 5.92 Å². The van der Waals surface area contributed by atoms with E-state index < -0.39 is 18.2 Å². The van der Waals surface area contributed by atoms with Crippen molar-refractivity contribution in [2.75, 3.05) is 18.1 Å². The minimum absolute atomic E-state index is 0.118. The Morgan fingerprint density at radius 3 is 2.26 bits per heavy atom. The van der Waals surface area contributed by atoms with Gasteiger partial charge in [0.05, 0.1) is 17.6 Å². The summed E-state index contributed by atoms with van der Waals surface area (Å²) < 4.78 is 30.0. The van der Waals surface area contributed by atoms with Crippen LogP contribution in [0.2, 0.25) is 18.1 Å². The molecule has 2 aliphatic rings. The highest BCUT2D eigenvalue weighted by atomic mass is 32.2. The second-order valence-corrected chi connectivity index (χ2v) is 16.0. The van der Waals surface area contributed by atoms with E-state index in [0.717, 1.165) is 13.0 Å². The lowest BCUT2D eigenvalue weighted by atomic mass is 10.0. The molecule has 1 aliphatic carbocycles. The Labute approximate surface area is 143 Å². The summed E-state index contributed by atoms with van der Waals surface area (Å²) in [4.78, 5) is 0. The van der Waals surface area contributed by atoms with Gasteiger partial charge in [0.25, 0.3) is 0 Å². The Hall–Kier alpha value is 0.0869. The van der Waals surface area contributed by atoms with E-state index in [2.05, 4.69) is 39.2 Å². The molecule has 1 aliphatic heterocycles. The van der Waals surface area contributed by atoms with Crippen LogP contribution >= 0.6 is 0 Å². The number of rotatable bonds is 6. The van der Waals surface area contributed by atoms with Crippen molar-refractivity contribution < 1.29 is 12.8 Å². The SMILES string of the molecule is CC(C)(C)[Si](C)(C)OC(CNC1CCS(=O)(=O)C1)C1CCCC1. The summed E-state index contributed by atoms with van der Waals surface area (Å²) in [7, 11) is -4.61. The predicted octanol–water partition coefficient (Wildman–Crippen LogP) is 3.34. The maximum absolute atomic E-state index is 11.6. The van der Waals surface area contributed by atoms with Crippen LogP contribution in [0.1, 0.15) is 52.9 Å². The molecular weight excluding hydrogens is 326 g/mol. The minimum Gasteiger partial charge on any atom is -0.412 e. The summed E-state index contributed by atoms with van der Waals surface area (Å²) in [6.45, 7) is 12.3. The van der Waals surface area contributed by atoms with E-state index in [9.17, 15) is 8.42 Å². The van der Waals surface area contributed by atoms with E-state index >= 15 is 0 Å². The average Bonchev–Trinajstić information content (AvgIpc) is 3.02. The fourth-order valence-corrected chi connectivity index (χ4v) is 6.52. The molecule has 2 rings (SSSR count). The molecule has 6 heteroatoms. The van der Waals surface area contributed by atoms with E-state index in [1.165, 1.54) is 25.7 Å². The second kappa shape index (κ2) is 7.14. The van der Waals surface area contributed by atoms with Gasteiger partial charge in [-0.05, 0) is 43.3 Å². The average molecular weight is 362 g/mol. The van der Waals surface area contributed by atoms with Crippen LogP contribution in [0.3, 0.4) is 0 Å². The molecule has 2 atom stereocenters. The fraction of sp³-hybridized carbons (Fsp3) is 1.00. The first kappa shape index (κ1) is 19.4. The number of hydrogen-bond donors (Lipinski definition) is 1. The zero-order valence-corrected chi connectivity index (χ0v) is 17.3. The molecule has 1 N–H and O–H groups in total. The molecule has 0 aromatic rings. The summed E-state index contributed by atoms with van der Waals surface area (Å²) in [5.74, 6) is 1.27. The topological polar surface area (TPSA) is 55.4 Å². The molecule has 23 heavy (non-hydrogen) atoms. The first-order valence-electron chi connectivity index (χ1n) is 9.12. The minimum atomic E-state index is -2.82. The number of hydrogen-bond acceptors (Lipinski definition) is 4. The summed E-state index contributed by atoms with van der Waals surface area (Å²) in [5, 5.41) is 3.72. The zero-order valence-electron chi connectivity index (χ0n) is 15.5. The maximum atomic E-state index is 11.6. The molecule has 0 spiro atoms. The van der Waals surface area contributed by atoms with Crippen LogP contribution in [0, 0.1) is 5.92 Å². The van der Waals surface area contributed by atoms with Crippen molar-refractivity contribution in [1.82, 2.24) is 5.32 Å². The first-order valence-corrected chi connectivity index (χ1v) is 13.8. The molecule has 1 heterocycles. The van der Waals surface area contributed by atoms with Gasteiger partial charge in [0.1, 0.15) is 0 Å². The zero-order chi connectivity index (χ0) is 17.3. The van der Waals surface area contributed by atoms with Gasteiger partial charge in [-0.25, -0.2) is 8.42 Å². The van der Waals surface area contributed by atoms with Gasteiger partial charge in [0.2, 0.25) is 0 Å². The Balaban J connectivity index is 1.97. The molecule has 0 aromatic carbocycles. The molecular formula is C17H35NO3SSi. The van der Waals surface area contributed by atoms with Crippen molar-refractivity contribution in [3.05, 3.63) is 0 Å². The van der Waals surface area contributed by atoms with E-state index in [0.29, 0.717) is 17.4 Å². The number of sulfone groups is 1. The third kappa shape index (κ3) is 5.28. The molecule has 0 amide bonds. The third-order valence-electron chi connectivity index (χ3n) is 6.02. The van der Waals surface area contributed by atoms with Crippen molar-refractivity contribution in [2.45, 2.75) is 83.2 Å². The van der Waals surface area contributed by atoms with Gasteiger partial charge in [-0.2, -0.15) is 0 Å². The Kier molecular flexibility index (Phi) is 6.03. The largest absolute Gasteiger partial charge is 0.412 e. The van der Waals surface area contributed by atoms with Crippen molar-refractivity contribution in [3.8, 4) is 0 Å². The van der Waals surface area contributed by atoms with Crippen molar-refractivity contribution in [3.63, 3.8) is 0 Å². The van der Waals surface area contributed by atoms with Crippen LogP contribution < -0.4 is 5.32 Å². The van der Waals surface area contributed by atoms with E-state index in [1.54, 1.807) is 0 Å². The third-order valence-corrected chi connectivity index (χ3v) is 12.3. The maximum Gasteiger partial charge on any atom is 0.192 e. The molecule has 2 fully saturated rings. The van der Waals surface area contributed by atoms with Gasteiger partial charge in [0.15, 0.2) is 18.2 Å². The summed E-state index contributed by atoms with van der Waals surface area (Å²) in [6, 6.07) is 0.118. The normalized spacial score (nSPS) is 27.4. The molecule has 0 aromatic heterocycles. The Morgan fingerprint density at radius 2 is 1.78 bits per heavy atom. The standard InChI is InChI=1S/C17H35NO3SSi/c1-17(2,3)23(4,5)21-16(14-8-6-7-9-14)12-18-15-10-11-22(19,20)13-15/h14-16,18H,6-13H2,1-5H3. The second-order valence-electron chi connectivity index (χ2n) is 8.97. The van der Waals surface area contributed by atoms with Crippen LogP contribution in [-0.4, -0.2) is 46.9 Å². The molecule has 0 bridgehead atoms. The van der Waals surface area contributed by atoms with Gasteiger partial charge in [-0.3, -0.25) is 0 Å². The van der Waals surface area contributed by atoms with E-state index in [-0.39, 0.29) is 17.2 Å². The highest BCUT2D eigenvalue weighted by Gasteiger charge is 2.41. The lowest BCUT2D eigenvalue weighted by Gasteiger charge is -2.41. The highest BCUT2D eigenvalue weighted by Crippen LogP contribution is 2.40. The Morgan fingerprint density at radius 1 is 1.17 bits per heavy atom. The molecule has 1 saturated carbocycles. The number of nitrogens with one attached hydrogen (secondary N) is 1. The predicted molar refractivity (Wildman–Crippen MR) is 99.1 cm³/mol. The van der Waals surface area contributed by atoms with Gasteiger partial charge >= 0.3 is 0 Å². The smallest absolute Gasteiger partial charge is 0.192 e. The summed E-state index contributed by atoms with van der Waals surface area (Å²) >= 11 is 0. The lowest BCUT2D eigenvalue weighted by molar-refractivity contribution is 0.115. The van der Waals surface area contributed by atoms with Crippen molar-refractivity contribution >= 4 is 18.2 Å².